The van der Waals surface area contributed by atoms with Crippen LogP contribution in [0.1, 0.15) is 27.7 Å². The van der Waals surface area contributed by atoms with E-state index in [2.05, 4.69) is 5.43 Å². The van der Waals surface area contributed by atoms with Crippen LogP contribution in [0.5, 0.6) is 0 Å². The van der Waals surface area contributed by atoms with Gasteiger partial charge in [-0.1, -0.05) is 30.2 Å². The predicted molar refractivity (Wildman–Crippen MR) is 72.8 cm³/mol. The third kappa shape index (κ3) is 3.23. The van der Waals surface area contributed by atoms with Gasteiger partial charge in [0, 0.05) is 5.92 Å². The van der Waals surface area contributed by atoms with Crippen LogP contribution in [-0.4, -0.2) is 17.0 Å². The van der Waals surface area contributed by atoms with Crippen molar-refractivity contribution in [1.29, 1.82) is 0 Å². The number of rotatable bonds is 3. The number of allylic oxidation sites excluding steroid dienone is 4. The van der Waals surface area contributed by atoms with Crippen LogP contribution in [0.25, 0.3) is 0 Å². The summed E-state index contributed by atoms with van der Waals surface area (Å²) in [6, 6.07) is 0. The normalized spacial score (nSPS) is 30.3. The Morgan fingerprint density at radius 1 is 1.37 bits per heavy atom. The highest BCUT2D eigenvalue weighted by Crippen LogP contribution is 2.39. The molecule has 1 aliphatic rings. The molecule has 1 rings (SSSR count). The maximum absolute atomic E-state index is 11.9. The lowest BCUT2D eigenvalue weighted by atomic mass is 9.67. The molecular weight excluding hydrogens is 244 g/mol. The molecule has 4 atom stereocenters. The van der Waals surface area contributed by atoms with Crippen LogP contribution in [0.4, 0.5) is 0 Å². The molecule has 1 amide bonds. The fourth-order valence-electron chi connectivity index (χ4n) is 2.73. The Morgan fingerprint density at radius 3 is 2.37 bits per heavy atom. The number of amides is 1. The molecule has 0 aromatic rings. The summed E-state index contributed by atoms with van der Waals surface area (Å²) in [5.74, 6) is 1.97. The number of carboxylic acids is 1. The highest BCUT2D eigenvalue weighted by molar-refractivity contribution is 5.86. The Labute approximate surface area is 113 Å². The average Bonchev–Trinajstić information content (AvgIpc) is 2.30. The molecular formula is C14H22N2O3. The van der Waals surface area contributed by atoms with Crippen molar-refractivity contribution in [3.05, 3.63) is 23.3 Å². The van der Waals surface area contributed by atoms with Gasteiger partial charge in [0.1, 0.15) is 0 Å². The molecule has 0 radical (unpaired) electrons. The maximum atomic E-state index is 11.9. The quantitative estimate of drug-likeness (QED) is 0.312. The predicted octanol–water partition coefficient (Wildman–Crippen LogP) is 1.47. The fourth-order valence-corrected chi connectivity index (χ4v) is 2.73. The molecule has 0 aliphatic heterocycles. The standard InChI is InChI=1S/C14H22N2O3/c1-7(2)5-10-6-8(3)9(4)11(13(17)16-15)12(10)14(18)19/h5-6,9-12H,15H2,1-4H3,(H,16,17)(H,18,19). The summed E-state index contributed by atoms with van der Waals surface area (Å²) >= 11 is 0. The second kappa shape index (κ2) is 6.02. The average molecular weight is 266 g/mol. The van der Waals surface area contributed by atoms with Gasteiger partial charge in [-0.25, -0.2) is 5.84 Å². The van der Waals surface area contributed by atoms with E-state index in [1.807, 2.05) is 39.8 Å². The molecule has 106 valence electrons. The summed E-state index contributed by atoms with van der Waals surface area (Å²) in [7, 11) is 0. The van der Waals surface area contributed by atoms with Crippen molar-refractivity contribution in [2.24, 2.45) is 29.5 Å². The monoisotopic (exact) mass is 266 g/mol. The molecule has 1 aliphatic carbocycles. The lowest BCUT2D eigenvalue weighted by molar-refractivity contribution is -0.150. The van der Waals surface area contributed by atoms with Gasteiger partial charge in [0.15, 0.2) is 0 Å². The van der Waals surface area contributed by atoms with Gasteiger partial charge >= 0.3 is 5.97 Å². The Hall–Kier alpha value is -1.62. The first-order chi connectivity index (χ1) is 8.79. The van der Waals surface area contributed by atoms with Crippen LogP contribution < -0.4 is 11.3 Å². The van der Waals surface area contributed by atoms with Gasteiger partial charge < -0.3 is 5.11 Å². The number of carboxylic acid groups (broad SMARTS) is 1. The van der Waals surface area contributed by atoms with E-state index in [0.29, 0.717) is 0 Å². The largest absolute Gasteiger partial charge is 0.481 e. The van der Waals surface area contributed by atoms with E-state index < -0.39 is 23.7 Å². The summed E-state index contributed by atoms with van der Waals surface area (Å²) in [4.78, 5) is 23.5. The highest BCUT2D eigenvalue weighted by Gasteiger charge is 2.44. The van der Waals surface area contributed by atoms with Crippen molar-refractivity contribution in [3.8, 4) is 0 Å². The molecule has 4 N–H and O–H groups in total. The van der Waals surface area contributed by atoms with E-state index in [9.17, 15) is 14.7 Å². The van der Waals surface area contributed by atoms with Gasteiger partial charge in [-0.3, -0.25) is 15.0 Å². The second-order valence-electron chi connectivity index (χ2n) is 5.42. The summed E-state index contributed by atoms with van der Waals surface area (Å²) < 4.78 is 0. The van der Waals surface area contributed by atoms with Crippen LogP contribution in [0.2, 0.25) is 0 Å². The first kappa shape index (κ1) is 15.4. The zero-order valence-corrected chi connectivity index (χ0v) is 11.8. The van der Waals surface area contributed by atoms with E-state index in [1.165, 1.54) is 0 Å². The Balaban J connectivity index is 3.29. The SMILES string of the molecule is CC(C)=CC1C=C(C)C(C)C(C(=O)NN)C1C(=O)O. The molecule has 0 spiro atoms. The molecule has 5 heteroatoms. The van der Waals surface area contributed by atoms with Crippen LogP contribution in [-0.2, 0) is 9.59 Å². The van der Waals surface area contributed by atoms with E-state index in [1.54, 1.807) is 0 Å². The van der Waals surface area contributed by atoms with Gasteiger partial charge in [-0.05, 0) is 26.7 Å². The third-order valence-corrected chi connectivity index (χ3v) is 3.77. The van der Waals surface area contributed by atoms with Crippen LogP contribution >= 0.6 is 0 Å². The van der Waals surface area contributed by atoms with Crippen molar-refractivity contribution in [1.82, 2.24) is 5.43 Å². The fraction of sp³-hybridized carbons (Fsp3) is 0.571. The van der Waals surface area contributed by atoms with Gasteiger partial charge in [-0.15, -0.1) is 0 Å². The summed E-state index contributed by atoms with van der Waals surface area (Å²) in [6.07, 6.45) is 3.84. The molecule has 0 saturated heterocycles. The minimum absolute atomic E-state index is 0.133. The number of hydrazine groups is 1. The third-order valence-electron chi connectivity index (χ3n) is 3.77. The number of aliphatic carboxylic acids is 1. The van der Waals surface area contributed by atoms with Gasteiger partial charge in [0.2, 0.25) is 5.91 Å². The molecule has 0 aromatic carbocycles. The second-order valence-corrected chi connectivity index (χ2v) is 5.42. The summed E-state index contributed by atoms with van der Waals surface area (Å²) in [6.45, 7) is 7.61. The van der Waals surface area contributed by atoms with E-state index >= 15 is 0 Å². The molecule has 4 unspecified atom stereocenters. The first-order valence-corrected chi connectivity index (χ1v) is 6.36. The Bertz CT molecular complexity index is 436. The Kier molecular flexibility index (Phi) is 4.89. The number of nitrogens with one attached hydrogen (secondary N) is 1. The van der Waals surface area contributed by atoms with Crippen molar-refractivity contribution >= 4 is 11.9 Å². The molecule has 0 bridgehead atoms. The molecule has 0 heterocycles. The smallest absolute Gasteiger partial charge is 0.308 e. The minimum Gasteiger partial charge on any atom is -0.481 e. The lowest BCUT2D eigenvalue weighted by Crippen LogP contribution is -2.48. The zero-order valence-electron chi connectivity index (χ0n) is 11.8. The van der Waals surface area contributed by atoms with Gasteiger partial charge in [-0.2, -0.15) is 0 Å². The van der Waals surface area contributed by atoms with E-state index in [4.69, 9.17) is 5.84 Å². The molecule has 0 aromatic heterocycles. The van der Waals surface area contributed by atoms with Crippen molar-refractivity contribution < 1.29 is 14.7 Å². The maximum Gasteiger partial charge on any atom is 0.308 e. The Morgan fingerprint density at radius 2 is 1.95 bits per heavy atom. The van der Waals surface area contributed by atoms with Crippen molar-refractivity contribution in [3.63, 3.8) is 0 Å². The lowest BCUT2D eigenvalue weighted by Gasteiger charge is -2.36. The van der Waals surface area contributed by atoms with Crippen molar-refractivity contribution in [2.45, 2.75) is 27.7 Å². The highest BCUT2D eigenvalue weighted by atomic mass is 16.4. The number of carbonyl (C=O) groups is 2. The van der Waals surface area contributed by atoms with Crippen molar-refractivity contribution in [2.75, 3.05) is 0 Å². The van der Waals surface area contributed by atoms with Crippen LogP contribution in [0.3, 0.4) is 0 Å². The zero-order chi connectivity index (χ0) is 14.7. The van der Waals surface area contributed by atoms with Gasteiger partial charge in [0.05, 0.1) is 11.8 Å². The van der Waals surface area contributed by atoms with E-state index in [0.717, 1.165) is 11.1 Å². The number of hydrogen-bond donors (Lipinski definition) is 3. The van der Waals surface area contributed by atoms with Gasteiger partial charge in [0.25, 0.3) is 0 Å². The topological polar surface area (TPSA) is 92.4 Å². The van der Waals surface area contributed by atoms with E-state index in [-0.39, 0.29) is 11.8 Å². The molecule has 5 nitrogen and oxygen atoms in total. The van der Waals surface area contributed by atoms with Crippen LogP contribution in [0, 0.1) is 23.7 Å². The molecule has 19 heavy (non-hydrogen) atoms. The molecule has 0 fully saturated rings. The summed E-state index contributed by atoms with van der Waals surface area (Å²) in [5.41, 5.74) is 4.15. The number of carbonyl (C=O) groups excluding carboxylic acids is 1. The van der Waals surface area contributed by atoms with Crippen LogP contribution in [0.15, 0.2) is 23.3 Å². The first-order valence-electron chi connectivity index (χ1n) is 6.36. The minimum atomic E-state index is -0.966. The molecule has 0 saturated carbocycles. The summed E-state index contributed by atoms with van der Waals surface area (Å²) in [5, 5.41) is 9.46. The number of nitrogens with two attached hydrogens (primary N) is 1. The number of hydrogen-bond acceptors (Lipinski definition) is 3.